The first-order valence-corrected chi connectivity index (χ1v) is 5.50. The number of hydrogen-bond acceptors (Lipinski definition) is 3. The van der Waals surface area contributed by atoms with Crippen LogP contribution in [0.4, 0.5) is 10.1 Å². The van der Waals surface area contributed by atoms with E-state index in [1.54, 1.807) is 19.2 Å². The molecule has 0 fully saturated rings. The van der Waals surface area contributed by atoms with Crippen molar-refractivity contribution in [3.8, 4) is 11.5 Å². The molecule has 0 bridgehead atoms. The molecule has 0 aliphatic carbocycles. The molecular formula is C14H14FNO2. The highest BCUT2D eigenvalue weighted by Gasteiger charge is 2.04. The highest BCUT2D eigenvalue weighted by molar-refractivity contribution is 5.43. The van der Waals surface area contributed by atoms with Gasteiger partial charge in [0.25, 0.3) is 0 Å². The summed E-state index contributed by atoms with van der Waals surface area (Å²) in [7, 11) is 1.58. The summed E-state index contributed by atoms with van der Waals surface area (Å²) >= 11 is 0. The normalized spacial score (nSPS) is 10.1. The molecule has 2 aromatic carbocycles. The van der Waals surface area contributed by atoms with E-state index in [1.165, 1.54) is 6.07 Å². The molecule has 0 aliphatic rings. The van der Waals surface area contributed by atoms with Gasteiger partial charge in [0.2, 0.25) is 0 Å². The van der Waals surface area contributed by atoms with E-state index < -0.39 is 5.82 Å². The minimum atomic E-state index is -0.420. The number of halogens is 1. The molecule has 4 heteroatoms. The maximum atomic E-state index is 13.0. The Morgan fingerprint density at radius 2 is 1.83 bits per heavy atom. The van der Waals surface area contributed by atoms with E-state index in [2.05, 4.69) is 0 Å². The SMILES string of the molecule is COc1ccccc1OCc1ccc(F)c(N)c1. The third-order valence-corrected chi connectivity index (χ3v) is 2.52. The molecule has 0 amide bonds. The second kappa shape index (κ2) is 5.40. The Balaban J connectivity index is 2.09. The zero-order chi connectivity index (χ0) is 13.0. The molecule has 0 heterocycles. The lowest BCUT2D eigenvalue weighted by Gasteiger charge is -2.10. The first-order valence-electron chi connectivity index (χ1n) is 5.50. The van der Waals surface area contributed by atoms with Crippen LogP contribution in [-0.2, 0) is 6.61 Å². The molecule has 0 aromatic heterocycles. The first-order chi connectivity index (χ1) is 8.70. The van der Waals surface area contributed by atoms with Gasteiger partial charge in [-0.05, 0) is 29.8 Å². The number of nitrogen functional groups attached to an aromatic ring is 1. The van der Waals surface area contributed by atoms with Gasteiger partial charge in [-0.15, -0.1) is 0 Å². The number of benzene rings is 2. The summed E-state index contributed by atoms with van der Waals surface area (Å²) in [6.07, 6.45) is 0. The standard InChI is InChI=1S/C14H14FNO2/c1-17-13-4-2-3-5-14(13)18-9-10-6-7-11(15)12(16)8-10/h2-8H,9,16H2,1H3. The smallest absolute Gasteiger partial charge is 0.161 e. The van der Waals surface area contributed by atoms with Gasteiger partial charge in [0.05, 0.1) is 12.8 Å². The van der Waals surface area contributed by atoms with Crippen molar-refractivity contribution >= 4 is 5.69 Å². The van der Waals surface area contributed by atoms with E-state index in [4.69, 9.17) is 15.2 Å². The van der Waals surface area contributed by atoms with Crippen molar-refractivity contribution in [1.29, 1.82) is 0 Å². The van der Waals surface area contributed by atoms with Crippen molar-refractivity contribution in [1.82, 2.24) is 0 Å². The van der Waals surface area contributed by atoms with Crippen LogP contribution in [0.25, 0.3) is 0 Å². The Morgan fingerprint density at radius 1 is 1.11 bits per heavy atom. The zero-order valence-corrected chi connectivity index (χ0v) is 10.0. The summed E-state index contributed by atoms with van der Waals surface area (Å²) in [5.41, 5.74) is 6.42. The van der Waals surface area contributed by atoms with Gasteiger partial charge in [0.1, 0.15) is 12.4 Å². The van der Waals surface area contributed by atoms with Gasteiger partial charge < -0.3 is 15.2 Å². The largest absolute Gasteiger partial charge is 0.493 e. The minimum Gasteiger partial charge on any atom is -0.493 e. The number of nitrogens with two attached hydrogens (primary N) is 1. The van der Waals surface area contributed by atoms with E-state index in [1.807, 2.05) is 24.3 Å². The average molecular weight is 247 g/mol. The molecule has 0 atom stereocenters. The zero-order valence-electron chi connectivity index (χ0n) is 10.0. The fourth-order valence-electron chi connectivity index (χ4n) is 1.58. The van der Waals surface area contributed by atoms with Crippen molar-refractivity contribution in [3.63, 3.8) is 0 Å². The van der Waals surface area contributed by atoms with Gasteiger partial charge in [-0.3, -0.25) is 0 Å². The van der Waals surface area contributed by atoms with E-state index in [0.29, 0.717) is 18.1 Å². The average Bonchev–Trinajstić information content (AvgIpc) is 2.40. The molecule has 2 rings (SSSR count). The number of anilines is 1. The molecule has 94 valence electrons. The van der Waals surface area contributed by atoms with Crippen LogP contribution >= 0.6 is 0 Å². The van der Waals surface area contributed by atoms with Gasteiger partial charge >= 0.3 is 0 Å². The number of rotatable bonds is 4. The summed E-state index contributed by atoms with van der Waals surface area (Å²) in [5.74, 6) is 0.881. The number of ether oxygens (including phenoxy) is 2. The summed E-state index contributed by atoms with van der Waals surface area (Å²) in [6.45, 7) is 0.310. The van der Waals surface area contributed by atoms with Crippen LogP contribution in [0.3, 0.4) is 0 Å². The van der Waals surface area contributed by atoms with Crippen LogP contribution < -0.4 is 15.2 Å². The fraction of sp³-hybridized carbons (Fsp3) is 0.143. The molecule has 0 unspecified atom stereocenters. The fourth-order valence-corrected chi connectivity index (χ4v) is 1.58. The summed E-state index contributed by atoms with van der Waals surface area (Å²) in [5, 5.41) is 0. The predicted octanol–water partition coefficient (Wildman–Crippen LogP) is 3.00. The Morgan fingerprint density at radius 3 is 2.50 bits per heavy atom. The Bertz CT molecular complexity index is 543. The Labute approximate surface area is 105 Å². The number of para-hydroxylation sites is 2. The van der Waals surface area contributed by atoms with Crippen molar-refractivity contribution in [2.45, 2.75) is 6.61 Å². The van der Waals surface area contributed by atoms with E-state index in [-0.39, 0.29) is 5.69 Å². The topological polar surface area (TPSA) is 44.5 Å². The van der Waals surface area contributed by atoms with E-state index in [9.17, 15) is 4.39 Å². The van der Waals surface area contributed by atoms with Crippen molar-refractivity contribution < 1.29 is 13.9 Å². The van der Waals surface area contributed by atoms with Gasteiger partial charge in [-0.2, -0.15) is 0 Å². The predicted molar refractivity (Wildman–Crippen MR) is 68.1 cm³/mol. The van der Waals surface area contributed by atoms with Crippen LogP contribution in [0.2, 0.25) is 0 Å². The molecule has 3 nitrogen and oxygen atoms in total. The molecular weight excluding hydrogens is 233 g/mol. The second-order valence-corrected chi connectivity index (χ2v) is 3.80. The monoisotopic (exact) mass is 247 g/mol. The molecule has 0 aliphatic heterocycles. The quantitative estimate of drug-likeness (QED) is 0.845. The summed E-state index contributed by atoms with van der Waals surface area (Å²) in [4.78, 5) is 0. The highest BCUT2D eigenvalue weighted by Crippen LogP contribution is 2.26. The molecule has 0 radical (unpaired) electrons. The first kappa shape index (κ1) is 12.2. The Hall–Kier alpha value is -2.23. The maximum Gasteiger partial charge on any atom is 0.161 e. The van der Waals surface area contributed by atoms with E-state index >= 15 is 0 Å². The van der Waals surface area contributed by atoms with E-state index in [0.717, 1.165) is 5.56 Å². The lowest BCUT2D eigenvalue weighted by atomic mass is 10.2. The molecule has 0 saturated heterocycles. The molecule has 0 saturated carbocycles. The van der Waals surface area contributed by atoms with Crippen molar-refractivity contribution in [2.24, 2.45) is 0 Å². The Kier molecular flexibility index (Phi) is 3.67. The van der Waals surface area contributed by atoms with Crippen LogP contribution in [0.5, 0.6) is 11.5 Å². The molecule has 2 aromatic rings. The lowest BCUT2D eigenvalue weighted by Crippen LogP contribution is -1.99. The van der Waals surface area contributed by atoms with Gasteiger partial charge in [-0.1, -0.05) is 18.2 Å². The van der Waals surface area contributed by atoms with Crippen LogP contribution in [0.1, 0.15) is 5.56 Å². The van der Waals surface area contributed by atoms with Gasteiger partial charge in [0, 0.05) is 0 Å². The third-order valence-electron chi connectivity index (χ3n) is 2.52. The number of methoxy groups -OCH3 is 1. The summed E-state index contributed by atoms with van der Waals surface area (Å²) in [6, 6.07) is 11.9. The van der Waals surface area contributed by atoms with Crippen molar-refractivity contribution in [3.05, 3.63) is 53.8 Å². The summed E-state index contributed by atoms with van der Waals surface area (Å²) < 4.78 is 23.8. The molecule has 18 heavy (non-hydrogen) atoms. The maximum absolute atomic E-state index is 13.0. The third kappa shape index (κ3) is 2.71. The van der Waals surface area contributed by atoms with Crippen LogP contribution in [0, 0.1) is 5.82 Å². The number of hydrogen-bond donors (Lipinski definition) is 1. The van der Waals surface area contributed by atoms with Crippen molar-refractivity contribution in [2.75, 3.05) is 12.8 Å². The molecule has 0 spiro atoms. The van der Waals surface area contributed by atoms with Crippen LogP contribution in [-0.4, -0.2) is 7.11 Å². The lowest BCUT2D eigenvalue weighted by molar-refractivity contribution is 0.284. The molecule has 2 N–H and O–H groups in total. The van der Waals surface area contributed by atoms with Gasteiger partial charge in [-0.25, -0.2) is 4.39 Å². The second-order valence-electron chi connectivity index (χ2n) is 3.80. The highest BCUT2D eigenvalue weighted by atomic mass is 19.1. The van der Waals surface area contributed by atoms with Gasteiger partial charge in [0.15, 0.2) is 11.5 Å². The van der Waals surface area contributed by atoms with Crippen LogP contribution in [0.15, 0.2) is 42.5 Å². The minimum absolute atomic E-state index is 0.121.